The lowest BCUT2D eigenvalue weighted by atomic mass is 9.68. The maximum Gasteiger partial charge on any atom is 0.0702 e. The summed E-state index contributed by atoms with van der Waals surface area (Å²) in [5, 5.41) is 10.3. The van der Waals surface area contributed by atoms with Gasteiger partial charge in [0.25, 0.3) is 0 Å². The van der Waals surface area contributed by atoms with Gasteiger partial charge in [0.05, 0.1) is 6.61 Å². The van der Waals surface area contributed by atoms with Crippen LogP contribution in [0.3, 0.4) is 0 Å². The van der Waals surface area contributed by atoms with E-state index in [1.54, 1.807) is 0 Å². The van der Waals surface area contributed by atoms with E-state index in [1.165, 1.54) is 44.9 Å². The van der Waals surface area contributed by atoms with E-state index < -0.39 is 0 Å². The molecule has 1 aliphatic heterocycles. The Morgan fingerprint density at radius 2 is 1.75 bits per heavy atom. The van der Waals surface area contributed by atoms with E-state index >= 15 is 0 Å². The van der Waals surface area contributed by atoms with Gasteiger partial charge >= 0.3 is 0 Å². The van der Waals surface area contributed by atoms with E-state index in [1.807, 2.05) is 18.2 Å². The van der Waals surface area contributed by atoms with E-state index in [4.69, 9.17) is 11.6 Å². The molecule has 1 aromatic rings. The minimum Gasteiger partial charge on any atom is -0.392 e. The zero-order chi connectivity index (χ0) is 14.0. The van der Waals surface area contributed by atoms with E-state index in [2.05, 4.69) is 4.90 Å². The first-order valence-electron chi connectivity index (χ1n) is 7.87. The number of halogens is 1. The molecule has 1 aromatic carbocycles. The second-order valence-corrected chi connectivity index (χ2v) is 6.92. The molecular weight excluding hydrogens is 270 g/mol. The summed E-state index contributed by atoms with van der Waals surface area (Å²) in [5.41, 5.74) is 2.74. The van der Waals surface area contributed by atoms with E-state index in [-0.39, 0.29) is 6.61 Å². The van der Waals surface area contributed by atoms with Gasteiger partial charge in [0.1, 0.15) is 0 Å². The molecular formula is C17H24ClNO. The van der Waals surface area contributed by atoms with Gasteiger partial charge in [-0.05, 0) is 43.2 Å². The largest absolute Gasteiger partial charge is 0.392 e. The highest BCUT2D eigenvalue weighted by molar-refractivity contribution is 6.30. The van der Waals surface area contributed by atoms with Gasteiger partial charge in [0, 0.05) is 29.4 Å². The van der Waals surface area contributed by atoms with Crippen molar-refractivity contribution in [2.45, 2.75) is 51.6 Å². The number of piperidine rings is 1. The highest BCUT2D eigenvalue weighted by Gasteiger charge is 2.35. The number of benzene rings is 1. The molecule has 1 spiro atoms. The van der Waals surface area contributed by atoms with Crippen LogP contribution in [0.1, 0.15) is 50.5 Å². The summed E-state index contributed by atoms with van der Waals surface area (Å²) in [5.74, 6) is 0. The third kappa shape index (κ3) is 2.82. The Labute approximate surface area is 126 Å². The fourth-order valence-corrected chi connectivity index (χ4v) is 4.16. The Morgan fingerprint density at radius 1 is 1.05 bits per heavy atom. The maximum absolute atomic E-state index is 9.51. The average molecular weight is 294 g/mol. The molecule has 1 N–H and O–H groups in total. The first kappa shape index (κ1) is 14.2. The summed E-state index contributed by atoms with van der Waals surface area (Å²) < 4.78 is 0. The van der Waals surface area contributed by atoms with Crippen LogP contribution < -0.4 is 4.90 Å². The van der Waals surface area contributed by atoms with Crippen molar-refractivity contribution in [3.05, 3.63) is 28.8 Å². The number of hydrogen-bond acceptors (Lipinski definition) is 2. The maximum atomic E-state index is 9.51. The van der Waals surface area contributed by atoms with Crippen LogP contribution in [0.4, 0.5) is 5.69 Å². The van der Waals surface area contributed by atoms with Crippen molar-refractivity contribution < 1.29 is 5.11 Å². The van der Waals surface area contributed by atoms with Gasteiger partial charge < -0.3 is 10.0 Å². The molecule has 2 aliphatic rings. The highest BCUT2D eigenvalue weighted by Crippen LogP contribution is 2.45. The number of rotatable bonds is 2. The summed E-state index contributed by atoms with van der Waals surface area (Å²) in [6.07, 6.45) is 9.69. The number of nitrogens with zero attached hydrogens (tertiary/aromatic N) is 1. The molecule has 0 bridgehead atoms. The Hall–Kier alpha value is -0.730. The fourth-order valence-electron chi connectivity index (χ4n) is 3.99. The van der Waals surface area contributed by atoms with Crippen molar-refractivity contribution in [3.63, 3.8) is 0 Å². The van der Waals surface area contributed by atoms with Crippen LogP contribution in [0.2, 0.25) is 5.02 Å². The van der Waals surface area contributed by atoms with Crippen LogP contribution in [0.15, 0.2) is 18.2 Å². The first-order chi connectivity index (χ1) is 9.72. The zero-order valence-electron chi connectivity index (χ0n) is 12.1. The molecule has 110 valence electrons. The topological polar surface area (TPSA) is 23.5 Å². The predicted octanol–water partition coefficient (Wildman–Crippen LogP) is 4.38. The van der Waals surface area contributed by atoms with Crippen molar-refractivity contribution in [2.24, 2.45) is 5.41 Å². The third-order valence-electron chi connectivity index (χ3n) is 5.30. The molecule has 0 atom stereocenters. The average Bonchev–Trinajstić information content (AvgIpc) is 2.49. The molecule has 1 saturated carbocycles. The standard InChI is InChI=1S/C17H24ClNO/c18-15-5-4-14(13-20)16(12-15)19-10-8-17(9-11-19)6-2-1-3-7-17/h4-5,12,20H,1-3,6-11,13H2. The van der Waals surface area contributed by atoms with Crippen LogP contribution in [-0.2, 0) is 6.61 Å². The summed E-state index contributed by atoms with van der Waals surface area (Å²) in [6, 6.07) is 5.82. The van der Waals surface area contributed by atoms with Gasteiger partial charge in [-0.15, -0.1) is 0 Å². The zero-order valence-corrected chi connectivity index (χ0v) is 12.8. The second-order valence-electron chi connectivity index (χ2n) is 6.48. The van der Waals surface area contributed by atoms with Gasteiger partial charge in [-0.2, -0.15) is 0 Å². The molecule has 1 aliphatic carbocycles. The smallest absolute Gasteiger partial charge is 0.0702 e. The molecule has 2 nitrogen and oxygen atoms in total. The molecule has 0 amide bonds. The minimum absolute atomic E-state index is 0.0914. The molecule has 0 radical (unpaired) electrons. The van der Waals surface area contributed by atoms with Gasteiger partial charge in [-0.1, -0.05) is 36.9 Å². The summed E-state index contributed by atoms with van der Waals surface area (Å²) in [6.45, 7) is 2.30. The number of hydrogen-bond donors (Lipinski definition) is 1. The SMILES string of the molecule is OCc1ccc(Cl)cc1N1CCC2(CCCCC2)CC1. The summed E-state index contributed by atoms with van der Waals surface area (Å²) >= 11 is 6.13. The molecule has 3 rings (SSSR count). The first-order valence-corrected chi connectivity index (χ1v) is 8.25. The Kier molecular flexibility index (Phi) is 4.23. The van der Waals surface area contributed by atoms with E-state index in [0.29, 0.717) is 5.41 Å². The predicted molar refractivity (Wildman–Crippen MR) is 84.3 cm³/mol. The minimum atomic E-state index is 0.0914. The van der Waals surface area contributed by atoms with Crippen molar-refractivity contribution >= 4 is 17.3 Å². The molecule has 0 aromatic heterocycles. The Morgan fingerprint density at radius 3 is 2.40 bits per heavy atom. The van der Waals surface area contributed by atoms with E-state index in [0.717, 1.165) is 29.4 Å². The van der Waals surface area contributed by atoms with Crippen molar-refractivity contribution in [3.8, 4) is 0 Å². The quantitative estimate of drug-likeness (QED) is 0.874. The third-order valence-corrected chi connectivity index (χ3v) is 5.53. The summed E-state index contributed by atoms with van der Waals surface area (Å²) in [4.78, 5) is 2.41. The van der Waals surface area contributed by atoms with Crippen LogP contribution in [0, 0.1) is 5.41 Å². The van der Waals surface area contributed by atoms with Gasteiger partial charge in [0.15, 0.2) is 0 Å². The van der Waals surface area contributed by atoms with Gasteiger partial charge in [-0.3, -0.25) is 0 Å². The monoisotopic (exact) mass is 293 g/mol. The number of aliphatic hydroxyl groups is 1. The normalized spacial score (nSPS) is 22.2. The van der Waals surface area contributed by atoms with Crippen molar-refractivity contribution in [1.29, 1.82) is 0 Å². The van der Waals surface area contributed by atoms with Crippen molar-refractivity contribution in [1.82, 2.24) is 0 Å². The molecule has 1 heterocycles. The van der Waals surface area contributed by atoms with Crippen LogP contribution >= 0.6 is 11.6 Å². The number of aliphatic hydroxyl groups excluding tert-OH is 1. The lowest BCUT2D eigenvalue weighted by Gasteiger charge is -2.45. The molecule has 3 heteroatoms. The van der Waals surface area contributed by atoms with Crippen LogP contribution in [-0.4, -0.2) is 18.2 Å². The molecule has 1 saturated heterocycles. The molecule has 0 unspecified atom stereocenters. The second kappa shape index (κ2) is 5.95. The van der Waals surface area contributed by atoms with E-state index in [9.17, 15) is 5.11 Å². The summed E-state index contributed by atoms with van der Waals surface area (Å²) in [7, 11) is 0. The van der Waals surface area contributed by atoms with Gasteiger partial charge in [0.2, 0.25) is 0 Å². The molecule has 2 fully saturated rings. The Balaban J connectivity index is 1.73. The fraction of sp³-hybridized carbons (Fsp3) is 0.647. The molecule has 20 heavy (non-hydrogen) atoms. The lowest BCUT2D eigenvalue weighted by molar-refractivity contribution is 0.144. The van der Waals surface area contributed by atoms with Crippen molar-refractivity contribution in [2.75, 3.05) is 18.0 Å². The highest BCUT2D eigenvalue weighted by atomic mass is 35.5. The van der Waals surface area contributed by atoms with Crippen LogP contribution in [0.25, 0.3) is 0 Å². The Bertz CT molecular complexity index is 458. The lowest BCUT2D eigenvalue weighted by Crippen LogP contribution is -2.41. The van der Waals surface area contributed by atoms with Gasteiger partial charge in [-0.25, -0.2) is 0 Å². The number of anilines is 1. The van der Waals surface area contributed by atoms with Crippen LogP contribution in [0.5, 0.6) is 0 Å².